The number of terminal acetylenes is 1. The molecule has 0 atom stereocenters. The number of amides is 2. The van der Waals surface area contributed by atoms with E-state index < -0.39 is 5.41 Å². The van der Waals surface area contributed by atoms with E-state index in [0.29, 0.717) is 22.4 Å². The zero-order chi connectivity index (χ0) is 22.8. The lowest BCUT2D eigenvalue weighted by molar-refractivity contribution is -0.139. The second-order valence-corrected chi connectivity index (χ2v) is 9.99. The highest BCUT2D eigenvalue weighted by molar-refractivity contribution is 6.34. The molecule has 0 aromatic heterocycles. The summed E-state index contributed by atoms with van der Waals surface area (Å²) in [5.74, 6) is 3.99. The Bertz CT molecular complexity index is 858. The van der Waals surface area contributed by atoms with Crippen LogP contribution >= 0.6 is 11.6 Å². The summed E-state index contributed by atoms with van der Waals surface area (Å²) in [7, 11) is 3.46. The third-order valence-corrected chi connectivity index (χ3v) is 7.20. The number of likely N-dealkylation sites (tertiary alicyclic amines) is 1. The van der Waals surface area contributed by atoms with E-state index in [1.54, 1.807) is 19.0 Å². The van der Waals surface area contributed by atoms with Crippen LogP contribution in [-0.4, -0.2) is 61.9 Å². The lowest BCUT2D eigenvalue weighted by atomic mass is 9.78. The maximum atomic E-state index is 12.6. The van der Waals surface area contributed by atoms with E-state index in [0.717, 1.165) is 57.5 Å². The number of rotatable bonds is 4. The van der Waals surface area contributed by atoms with Gasteiger partial charge in [-0.1, -0.05) is 17.5 Å². The van der Waals surface area contributed by atoms with Crippen molar-refractivity contribution in [1.29, 1.82) is 0 Å². The van der Waals surface area contributed by atoms with Crippen molar-refractivity contribution in [3.05, 3.63) is 28.8 Å². The smallest absolute Gasteiger partial charge is 0.254 e. The van der Waals surface area contributed by atoms with E-state index in [-0.39, 0.29) is 11.8 Å². The molecule has 0 spiro atoms. The van der Waals surface area contributed by atoms with Crippen LogP contribution in [0, 0.1) is 29.6 Å². The van der Waals surface area contributed by atoms with Crippen molar-refractivity contribution in [2.75, 3.05) is 45.2 Å². The van der Waals surface area contributed by atoms with Crippen LogP contribution in [0.1, 0.15) is 49.9 Å². The van der Waals surface area contributed by atoms with Crippen molar-refractivity contribution in [3.63, 3.8) is 0 Å². The Kier molecular flexibility index (Phi) is 7.21. The maximum absolute atomic E-state index is 12.6. The first-order chi connectivity index (χ1) is 14.6. The van der Waals surface area contributed by atoms with Gasteiger partial charge in [0.1, 0.15) is 5.41 Å². The summed E-state index contributed by atoms with van der Waals surface area (Å²) in [5, 5.41) is 0.505. The lowest BCUT2D eigenvalue weighted by Gasteiger charge is -2.41. The lowest BCUT2D eigenvalue weighted by Crippen LogP contribution is -2.46. The number of carbonyl (C=O) groups is 2. The highest BCUT2D eigenvalue weighted by atomic mass is 35.5. The second-order valence-electron chi connectivity index (χ2n) is 9.59. The van der Waals surface area contributed by atoms with Gasteiger partial charge in [0.15, 0.2) is 0 Å². The first kappa shape index (κ1) is 23.5. The first-order valence-electron chi connectivity index (χ1n) is 11.2. The number of hydrogen-bond acceptors (Lipinski definition) is 3. The van der Waals surface area contributed by atoms with Crippen molar-refractivity contribution >= 4 is 29.1 Å². The number of carbonyl (C=O) groups excluding carboxylic acids is 2. The van der Waals surface area contributed by atoms with Crippen molar-refractivity contribution < 1.29 is 9.59 Å². The minimum Gasteiger partial charge on any atom is -0.371 e. The maximum Gasteiger partial charge on any atom is 0.254 e. The normalized spacial score (nSPS) is 18.6. The predicted octanol–water partition coefficient (Wildman–Crippen LogP) is 4.16. The Hall–Kier alpha value is -2.19. The van der Waals surface area contributed by atoms with Gasteiger partial charge >= 0.3 is 0 Å². The Morgan fingerprint density at radius 1 is 1.06 bits per heavy atom. The number of anilines is 1. The van der Waals surface area contributed by atoms with Gasteiger partial charge in [-0.15, -0.1) is 6.42 Å². The Balaban J connectivity index is 1.53. The molecule has 0 aliphatic carbocycles. The summed E-state index contributed by atoms with van der Waals surface area (Å²) >= 11 is 6.40. The van der Waals surface area contributed by atoms with Crippen LogP contribution in [0.4, 0.5) is 5.69 Å². The van der Waals surface area contributed by atoms with Crippen LogP contribution in [0.15, 0.2) is 18.2 Å². The second kappa shape index (κ2) is 9.53. The molecule has 5 nitrogen and oxygen atoms in total. The summed E-state index contributed by atoms with van der Waals surface area (Å²) in [6.45, 7) is 7.26. The SMILES string of the molecule is C#CC(C)(C)C(=O)N1CCC(C2CCN(c3ccc(C(=O)N(C)C)c(Cl)c3)CC2)CC1. The van der Waals surface area contributed by atoms with E-state index in [4.69, 9.17) is 18.0 Å². The Morgan fingerprint density at radius 3 is 2.10 bits per heavy atom. The van der Waals surface area contributed by atoms with Crippen molar-refractivity contribution in [1.82, 2.24) is 9.80 Å². The fourth-order valence-electron chi connectivity index (χ4n) is 4.78. The molecule has 1 aromatic rings. The minimum absolute atomic E-state index is 0.0780. The highest BCUT2D eigenvalue weighted by Crippen LogP contribution is 2.35. The average Bonchev–Trinajstić information content (AvgIpc) is 2.78. The van der Waals surface area contributed by atoms with Gasteiger partial charge in [-0.05, 0) is 69.6 Å². The van der Waals surface area contributed by atoms with Gasteiger partial charge in [0.2, 0.25) is 5.91 Å². The molecule has 2 fully saturated rings. The molecule has 2 heterocycles. The van der Waals surface area contributed by atoms with Crippen molar-refractivity contribution in [3.8, 4) is 12.3 Å². The van der Waals surface area contributed by atoms with Gasteiger partial charge in [-0.2, -0.15) is 0 Å². The number of piperidine rings is 2. The number of nitrogens with zero attached hydrogens (tertiary/aromatic N) is 3. The van der Waals surface area contributed by atoms with Crippen LogP contribution in [0.3, 0.4) is 0 Å². The summed E-state index contributed by atoms with van der Waals surface area (Å²) in [6.07, 6.45) is 9.94. The summed E-state index contributed by atoms with van der Waals surface area (Å²) in [4.78, 5) is 30.7. The molecule has 6 heteroatoms. The molecular formula is C25H34ClN3O2. The fraction of sp³-hybridized carbons (Fsp3) is 0.600. The molecule has 31 heavy (non-hydrogen) atoms. The Labute approximate surface area is 191 Å². The molecule has 0 unspecified atom stereocenters. The van der Waals surface area contributed by atoms with Crippen LogP contribution in [0.2, 0.25) is 5.02 Å². The third-order valence-electron chi connectivity index (χ3n) is 6.88. The molecule has 3 rings (SSSR count). The van der Waals surface area contributed by atoms with E-state index in [1.807, 2.05) is 36.9 Å². The molecule has 2 aliphatic rings. The van der Waals surface area contributed by atoms with Crippen LogP contribution in [-0.2, 0) is 4.79 Å². The topological polar surface area (TPSA) is 43.9 Å². The van der Waals surface area contributed by atoms with Crippen molar-refractivity contribution in [2.24, 2.45) is 17.3 Å². The van der Waals surface area contributed by atoms with Gasteiger partial charge in [0.25, 0.3) is 5.91 Å². The third kappa shape index (κ3) is 5.18. The van der Waals surface area contributed by atoms with Crippen LogP contribution < -0.4 is 4.90 Å². The highest BCUT2D eigenvalue weighted by Gasteiger charge is 2.35. The van der Waals surface area contributed by atoms with E-state index in [9.17, 15) is 9.59 Å². The zero-order valence-corrected chi connectivity index (χ0v) is 19.9. The molecule has 0 N–H and O–H groups in total. The monoisotopic (exact) mass is 443 g/mol. The fourth-order valence-corrected chi connectivity index (χ4v) is 5.03. The number of hydrogen-bond donors (Lipinski definition) is 0. The van der Waals surface area contributed by atoms with E-state index in [1.165, 1.54) is 0 Å². The van der Waals surface area contributed by atoms with Gasteiger partial charge < -0.3 is 14.7 Å². The van der Waals surface area contributed by atoms with Crippen molar-refractivity contribution in [2.45, 2.75) is 39.5 Å². The summed E-state index contributed by atoms with van der Waals surface area (Å²) in [6, 6.07) is 5.74. The first-order valence-corrected chi connectivity index (χ1v) is 11.5. The van der Waals surface area contributed by atoms with Gasteiger partial charge in [0.05, 0.1) is 10.6 Å². The number of halogens is 1. The minimum atomic E-state index is -0.716. The molecule has 1 aromatic carbocycles. The van der Waals surface area contributed by atoms with E-state index >= 15 is 0 Å². The van der Waals surface area contributed by atoms with Crippen LogP contribution in [0.5, 0.6) is 0 Å². The zero-order valence-electron chi connectivity index (χ0n) is 19.2. The molecule has 0 saturated carbocycles. The molecule has 0 bridgehead atoms. The van der Waals surface area contributed by atoms with E-state index in [2.05, 4.69) is 10.8 Å². The quantitative estimate of drug-likeness (QED) is 0.656. The molecule has 2 saturated heterocycles. The summed E-state index contributed by atoms with van der Waals surface area (Å²) < 4.78 is 0. The average molecular weight is 444 g/mol. The largest absolute Gasteiger partial charge is 0.371 e. The predicted molar refractivity (Wildman–Crippen MR) is 126 cm³/mol. The van der Waals surface area contributed by atoms with Crippen LogP contribution in [0.25, 0.3) is 0 Å². The molecule has 0 radical (unpaired) electrons. The Morgan fingerprint density at radius 2 is 1.61 bits per heavy atom. The van der Waals surface area contributed by atoms with Gasteiger partial charge in [0, 0.05) is 46.0 Å². The molecule has 2 amide bonds. The molecule has 168 valence electrons. The standard InChI is InChI=1S/C25H34ClN3O2/c1-6-25(2,3)24(31)29-15-11-19(12-16-29)18-9-13-28(14-10-18)20-7-8-21(22(26)17-20)23(30)27(4)5/h1,7-8,17-19H,9-16H2,2-5H3. The molecule has 2 aliphatic heterocycles. The van der Waals surface area contributed by atoms with Gasteiger partial charge in [-0.3, -0.25) is 9.59 Å². The van der Waals surface area contributed by atoms with Gasteiger partial charge in [-0.25, -0.2) is 0 Å². The number of benzene rings is 1. The molecular weight excluding hydrogens is 410 g/mol. The summed E-state index contributed by atoms with van der Waals surface area (Å²) in [5.41, 5.74) is 0.905.